The molecule has 0 aliphatic heterocycles. The number of ether oxygens (including phenoxy) is 1. The normalized spacial score (nSPS) is 11.9. The van der Waals surface area contributed by atoms with E-state index in [9.17, 15) is 31.2 Å². The van der Waals surface area contributed by atoms with Crippen molar-refractivity contribution in [1.29, 1.82) is 0 Å². The number of amides is 1. The lowest BCUT2D eigenvalue weighted by atomic mass is 10.1. The van der Waals surface area contributed by atoms with Crippen LogP contribution in [0.5, 0.6) is 0 Å². The second-order valence-corrected chi connectivity index (χ2v) is 7.05. The summed E-state index contributed by atoms with van der Waals surface area (Å²) in [7, 11) is 1.08. The minimum Gasteiger partial charge on any atom is -0.466 e. The molecule has 1 aromatic carbocycles. The Bertz CT molecular complexity index is 734. The highest BCUT2D eigenvalue weighted by Gasteiger charge is 2.38. The number of esters is 1. The Balaban J connectivity index is 3.09. The van der Waals surface area contributed by atoms with Crippen LogP contribution in [0, 0.1) is 0 Å². The van der Waals surface area contributed by atoms with Crippen molar-refractivity contribution < 1.29 is 35.9 Å². The van der Waals surface area contributed by atoms with Gasteiger partial charge in [-0.25, -0.2) is 8.42 Å². The molecule has 1 N–H and O–H groups in total. The first-order valence-corrected chi connectivity index (χ1v) is 8.87. The Morgan fingerprint density at radius 2 is 1.92 bits per heavy atom. The molecule has 0 atom stereocenters. The smallest absolute Gasteiger partial charge is 0.466 e. The van der Waals surface area contributed by atoms with Gasteiger partial charge in [0.05, 0.1) is 11.5 Å². The van der Waals surface area contributed by atoms with Crippen LogP contribution in [0.4, 0.5) is 18.9 Å². The molecule has 0 radical (unpaired) electrons. The second-order valence-electron chi connectivity index (χ2n) is 4.52. The van der Waals surface area contributed by atoms with Gasteiger partial charge in [0, 0.05) is 22.8 Å². The first-order valence-electron chi connectivity index (χ1n) is 6.56. The number of nitrogens with one attached hydrogen (secondary N) is 1. The van der Waals surface area contributed by atoms with Crippen LogP contribution in [-0.4, -0.2) is 33.1 Å². The van der Waals surface area contributed by atoms with Gasteiger partial charge in [0.2, 0.25) is 0 Å². The summed E-state index contributed by atoms with van der Waals surface area (Å²) in [6, 6.07) is 2.93. The van der Waals surface area contributed by atoms with Crippen LogP contribution < -0.4 is 5.32 Å². The SMILES string of the molecule is CCOC(=O)CCc1cc(NC(=O)C(F)(F)F)ccc1S(=O)(=O)Cl. The average molecular weight is 388 g/mol. The summed E-state index contributed by atoms with van der Waals surface area (Å²) >= 11 is 0. The molecule has 6 nitrogen and oxygen atoms in total. The molecule has 0 saturated heterocycles. The van der Waals surface area contributed by atoms with Crippen LogP contribution in [0.15, 0.2) is 23.1 Å². The predicted molar refractivity (Wildman–Crippen MR) is 79.1 cm³/mol. The first kappa shape index (κ1) is 20.2. The van der Waals surface area contributed by atoms with Gasteiger partial charge in [-0.2, -0.15) is 13.2 Å². The predicted octanol–water partition coefficient (Wildman–Crippen LogP) is 2.61. The number of benzene rings is 1. The Morgan fingerprint density at radius 3 is 2.42 bits per heavy atom. The van der Waals surface area contributed by atoms with Gasteiger partial charge in [0.25, 0.3) is 9.05 Å². The molecule has 0 bridgehead atoms. The zero-order chi connectivity index (χ0) is 18.5. The molecular formula is C13H13ClF3NO5S. The van der Waals surface area contributed by atoms with Crippen molar-refractivity contribution >= 4 is 37.3 Å². The van der Waals surface area contributed by atoms with Gasteiger partial charge < -0.3 is 10.1 Å². The first-order chi connectivity index (χ1) is 10.9. The van der Waals surface area contributed by atoms with Gasteiger partial charge in [-0.05, 0) is 37.1 Å². The van der Waals surface area contributed by atoms with Gasteiger partial charge >= 0.3 is 18.1 Å². The van der Waals surface area contributed by atoms with E-state index >= 15 is 0 Å². The molecule has 1 rings (SSSR count). The van der Waals surface area contributed by atoms with Crippen LogP contribution in [0.25, 0.3) is 0 Å². The van der Waals surface area contributed by atoms with Crippen LogP contribution in [0.3, 0.4) is 0 Å². The maximum atomic E-state index is 12.3. The highest BCUT2D eigenvalue weighted by atomic mass is 35.7. The third kappa shape index (κ3) is 6.00. The number of rotatable bonds is 6. The number of alkyl halides is 3. The molecule has 24 heavy (non-hydrogen) atoms. The fourth-order valence-electron chi connectivity index (χ4n) is 1.76. The Hall–Kier alpha value is -1.81. The van der Waals surface area contributed by atoms with Crippen LogP contribution in [0.2, 0.25) is 0 Å². The summed E-state index contributed by atoms with van der Waals surface area (Å²) in [6.07, 6.45) is -5.44. The van der Waals surface area contributed by atoms with Crippen LogP contribution in [-0.2, 0) is 29.8 Å². The maximum Gasteiger partial charge on any atom is 0.471 e. The van der Waals surface area contributed by atoms with E-state index in [-0.39, 0.29) is 35.6 Å². The number of carbonyl (C=O) groups excluding carboxylic acids is 2. The summed E-state index contributed by atoms with van der Waals surface area (Å²) in [5.41, 5.74) is -0.293. The minimum absolute atomic E-state index is 0.0157. The fraction of sp³-hybridized carbons (Fsp3) is 0.385. The second kappa shape index (κ2) is 7.84. The minimum atomic E-state index is -5.09. The molecule has 0 heterocycles. The van der Waals surface area contributed by atoms with Gasteiger partial charge in [-0.15, -0.1) is 0 Å². The molecule has 0 saturated carbocycles. The maximum absolute atomic E-state index is 12.3. The Labute approximate surface area is 140 Å². The third-order valence-electron chi connectivity index (χ3n) is 2.74. The van der Waals surface area contributed by atoms with Crippen LogP contribution >= 0.6 is 10.7 Å². The summed E-state index contributed by atoms with van der Waals surface area (Å²) in [4.78, 5) is 21.9. The lowest BCUT2D eigenvalue weighted by molar-refractivity contribution is -0.167. The van der Waals surface area contributed by atoms with Gasteiger partial charge in [0.15, 0.2) is 0 Å². The van der Waals surface area contributed by atoms with E-state index in [0.717, 1.165) is 18.2 Å². The molecule has 1 amide bonds. The van der Waals surface area contributed by atoms with Crippen molar-refractivity contribution in [2.45, 2.75) is 30.8 Å². The largest absolute Gasteiger partial charge is 0.471 e. The molecule has 0 aliphatic rings. The van der Waals surface area contributed by atoms with Gasteiger partial charge in [-0.3, -0.25) is 9.59 Å². The van der Waals surface area contributed by atoms with Crippen molar-refractivity contribution in [3.8, 4) is 0 Å². The van der Waals surface area contributed by atoms with E-state index in [0.29, 0.717) is 0 Å². The van der Waals surface area contributed by atoms with Crippen molar-refractivity contribution in [2.24, 2.45) is 0 Å². The summed E-state index contributed by atoms with van der Waals surface area (Å²) in [6.45, 7) is 1.71. The molecule has 0 fully saturated rings. The highest BCUT2D eigenvalue weighted by molar-refractivity contribution is 8.13. The van der Waals surface area contributed by atoms with Crippen LogP contribution in [0.1, 0.15) is 18.9 Å². The number of aryl methyl sites for hydroxylation is 1. The molecule has 1 aromatic rings. The number of carbonyl (C=O) groups is 2. The lowest BCUT2D eigenvalue weighted by Crippen LogP contribution is -2.30. The monoisotopic (exact) mass is 387 g/mol. The summed E-state index contributed by atoms with van der Waals surface area (Å²) < 4.78 is 64.4. The average Bonchev–Trinajstić information content (AvgIpc) is 2.43. The van der Waals surface area contributed by atoms with Crippen molar-refractivity contribution in [2.75, 3.05) is 11.9 Å². The Morgan fingerprint density at radius 1 is 1.29 bits per heavy atom. The molecule has 0 aromatic heterocycles. The number of hydrogen-bond acceptors (Lipinski definition) is 5. The standard InChI is InChI=1S/C13H13ClF3NO5S/c1-2-23-11(19)6-3-8-7-9(18-12(20)13(15,16)17)4-5-10(8)24(14,21)22/h4-5,7H,2-3,6H2,1H3,(H,18,20). The zero-order valence-electron chi connectivity index (χ0n) is 12.3. The van der Waals surface area contributed by atoms with Gasteiger partial charge in [-0.1, -0.05) is 0 Å². The molecule has 11 heteroatoms. The summed E-state index contributed by atoms with van der Waals surface area (Å²) in [5.74, 6) is -2.82. The van der Waals surface area contributed by atoms with E-state index in [1.807, 2.05) is 0 Å². The topological polar surface area (TPSA) is 89.5 Å². The molecular weight excluding hydrogens is 375 g/mol. The van der Waals surface area contributed by atoms with Crippen molar-refractivity contribution in [1.82, 2.24) is 0 Å². The zero-order valence-corrected chi connectivity index (χ0v) is 13.9. The van der Waals surface area contributed by atoms with Crippen molar-refractivity contribution in [3.63, 3.8) is 0 Å². The van der Waals surface area contributed by atoms with Gasteiger partial charge in [0.1, 0.15) is 0 Å². The molecule has 0 unspecified atom stereocenters. The Kier molecular flexibility index (Phi) is 6.61. The van der Waals surface area contributed by atoms with E-state index in [1.54, 1.807) is 12.2 Å². The quantitative estimate of drug-likeness (QED) is 0.598. The number of hydrogen-bond donors (Lipinski definition) is 1. The number of anilines is 1. The van der Waals surface area contributed by atoms with E-state index in [4.69, 9.17) is 10.7 Å². The van der Waals surface area contributed by atoms with E-state index in [1.165, 1.54) is 0 Å². The highest BCUT2D eigenvalue weighted by Crippen LogP contribution is 2.26. The van der Waals surface area contributed by atoms with E-state index < -0.39 is 27.1 Å². The molecule has 0 aliphatic carbocycles. The molecule has 134 valence electrons. The number of halogens is 4. The molecule has 0 spiro atoms. The third-order valence-corrected chi connectivity index (χ3v) is 4.16. The summed E-state index contributed by atoms with van der Waals surface area (Å²) in [5, 5.41) is 1.60. The lowest BCUT2D eigenvalue weighted by Gasteiger charge is -2.12. The van der Waals surface area contributed by atoms with Crippen molar-refractivity contribution in [3.05, 3.63) is 23.8 Å². The fourth-order valence-corrected chi connectivity index (χ4v) is 2.92. The van der Waals surface area contributed by atoms with E-state index in [2.05, 4.69) is 4.74 Å².